The molecule has 0 saturated carbocycles. The molecule has 3 atom stereocenters. The molecule has 0 aliphatic carbocycles. The molecule has 0 aromatic heterocycles. The van der Waals surface area contributed by atoms with Gasteiger partial charge in [0.15, 0.2) is 0 Å². The van der Waals surface area contributed by atoms with Crippen LogP contribution in [-0.4, -0.2) is 54.0 Å². The summed E-state index contributed by atoms with van der Waals surface area (Å²) in [5.41, 5.74) is 0. The summed E-state index contributed by atoms with van der Waals surface area (Å²) in [4.78, 5) is 56.4. The van der Waals surface area contributed by atoms with Crippen molar-refractivity contribution in [2.24, 2.45) is 0 Å². The molecule has 12 heteroatoms. The maximum atomic E-state index is 12.1. The third-order valence-corrected chi connectivity index (χ3v) is 3.38. The number of ether oxygens (including phenoxy) is 1. The predicted octanol–water partition coefficient (Wildman–Crippen LogP) is 0.0487. The molecule has 0 bridgehead atoms. The number of thiol groups is 1. The molecule has 3 N–H and O–H groups in total. The topological polar surface area (TPSA) is 131 Å². The molecule has 0 spiro atoms. The van der Waals surface area contributed by atoms with Crippen molar-refractivity contribution in [3.05, 3.63) is 6.42 Å². The monoisotopic (exact) mass is 676 g/mol. The number of amides is 3. The standard InChI is InChI=1S/C16H25N3O6S.U.V/c1-4-13(21)19-12(14(22)17-10(2)9-20)7-5-6-8-25-15(23)11(3)18-16(24)26;;/h4,10-12H,5-8H2,1-3H3,(H,17,22)(H,19,21)(H2,18,24,26);;/q-2;;. The smallest absolute Gasteiger partial charge is 0.328 e. The van der Waals surface area contributed by atoms with Crippen LogP contribution in [0.25, 0.3) is 0 Å². The van der Waals surface area contributed by atoms with Crippen molar-refractivity contribution in [3.63, 3.8) is 0 Å². The van der Waals surface area contributed by atoms with Crippen molar-refractivity contribution in [1.82, 2.24) is 16.0 Å². The molecule has 0 rings (SSSR count). The first kappa shape index (κ1) is 32.1. The van der Waals surface area contributed by atoms with Crippen LogP contribution in [-0.2, 0) is 42.5 Å². The Hall–Kier alpha value is -0.594. The second-order valence-corrected chi connectivity index (χ2v) is 5.94. The zero-order valence-corrected chi connectivity index (χ0v) is 22.4. The van der Waals surface area contributed by atoms with E-state index < -0.39 is 41.1 Å². The Balaban J connectivity index is -0.00000312. The van der Waals surface area contributed by atoms with E-state index in [1.54, 1.807) is 6.29 Å². The summed E-state index contributed by atoms with van der Waals surface area (Å²) < 4.78 is 5.00. The van der Waals surface area contributed by atoms with Crippen molar-refractivity contribution >= 4 is 41.9 Å². The fraction of sp³-hybridized carbons (Fsp3) is 0.625. The first-order valence-corrected chi connectivity index (χ1v) is 8.60. The first-order chi connectivity index (χ1) is 12.2. The summed E-state index contributed by atoms with van der Waals surface area (Å²) in [7, 11) is 0. The van der Waals surface area contributed by atoms with Gasteiger partial charge in [-0.2, -0.15) is 6.92 Å². The van der Waals surface area contributed by atoms with Gasteiger partial charge in [-0.15, -0.1) is 0 Å². The summed E-state index contributed by atoms with van der Waals surface area (Å²) in [6.45, 7) is 4.58. The average molecular weight is 676 g/mol. The van der Waals surface area contributed by atoms with Crippen LogP contribution in [0.2, 0.25) is 0 Å². The van der Waals surface area contributed by atoms with Crippen LogP contribution in [0.1, 0.15) is 40.0 Å². The second kappa shape index (κ2) is 18.4. The number of unbranched alkanes of at least 4 members (excludes halogenated alkanes) is 1. The van der Waals surface area contributed by atoms with Gasteiger partial charge in [0.2, 0.25) is 5.91 Å². The molecule has 3 unspecified atom stereocenters. The van der Waals surface area contributed by atoms with E-state index in [9.17, 15) is 24.0 Å². The average Bonchev–Trinajstić information content (AvgIpc) is 2.58. The zero-order chi connectivity index (χ0) is 20.1. The molecule has 3 amide bonds. The van der Waals surface area contributed by atoms with E-state index >= 15 is 0 Å². The van der Waals surface area contributed by atoms with Gasteiger partial charge in [0.1, 0.15) is 12.1 Å². The summed E-state index contributed by atoms with van der Waals surface area (Å²) in [6, 6.07) is -2.40. The fourth-order valence-electron chi connectivity index (χ4n) is 1.86. The van der Waals surface area contributed by atoms with Crippen molar-refractivity contribution < 1.29 is 78.4 Å². The van der Waals surface area contributed by atoms with E-state index in [0.717, 1.165) is 0 Å². The molecular weight excluding hydrogens is 651 g/mol. The van der Waals surface area contributed by atoms with Crippen LogP contribution in [0.4, 0.5) is 4.79 Å². The maximum Gasteiger partial charge on any atom is 0.328 e. The Morgan fingerprint density at radius 2 is 1.71 bits per heavy atom. The summed E-state index contributed by atoms with van der Waals surface area (Å²) in [5.74, 6) is -1.49. The van der Waals surface area contributed by atoms with Gasteiger partial charge in [-0.05, 0) is 26.2 Å². The molecule has 0 aromatic rings. The molecule has 0 saturated heterocycles. The van der Waals surface area contributed by atoms with Crippen LogP contribution >= 0.6 is 12.6 Å². The number of nitrogens with one attached hydrogen (secondary N) is 3. The van der Waals surface area contributed by atoms with E-state index in [0.29, 0.717) is 19.3 Å². The molecule has 9 nitrogen and oxygen atoms in total. The van der Waals surface area contributed by atoms with Gasteiger partial charge in [-0.3, -0.25) is 9.59 Å². The Bertz CT molecular complexity index is 527. The molecule has 1 radical (unpaired) electrons. The van der Waals surface area contributed by atoms with Crippen LogP contribution in [0.15, 0.2) is 0 Å². The van der Waals surface area contributed by atoms with Gasteiger partial charge in [0.05, 0.1) is 12.5 Å². The Morgan fingerprint density at radius 1 is 1.11 bits per heavy atom. The van der Waals surface area contributed by atoms with Gasteiger partial charge in [-0.1, -0.05) is 25.6 Å². The van der Waals surface area contributed by atoms with Crippen LogP contribution in [0, 0.1) is 37.5 Å². The Morgan fingerprint density at radius 3 is 2.21 bits per heavy atom. The second-order valence-electron chi connectivity index (χ2n) is 5.53. The number of carbonyl (C=O) groups excluding carboxylic acids is 5. The minimum Gasteiger partial charge on any atom is -0.540 e. The minimum atomic E-state index is -0.812. The normalized spacial score (nSPS) is 12.6. The van der Waals surface area contributed by atoms with Crippen molar-refractivity contribution in [2.75, 3.05) is 6.61 Å². The van der Waals surface area contributed by atoms with E-state index in [4.69, 9.17) is 4.74 Å². The van der Waals surface area contributed by atoms with Gasteiger partial charge < -0.3 is 36.7 Å². The van der Waals surface area contributed by atoms with Gasteiger partial charge in [-0.25, -0.2) is 11.1 Å². The Labute approximate surface area is 206 Å². The third kappa shape index (κ3) is 15.3. The molecule has 157 valence electrons. The molecule has 0 aliphatic heterocycles. The van der Waals surface area contributed by atoms with Gasteiger partial charge in [0.25, 0.3) is 5.24 Å². The molecule has 0 fully saturated rings. The largest absolute Gasteiger partial charge is 0.540 e. The molecular formula is C16H25N3O6SUV-2. The summed E-state index contributed by atoms with van der Waals surface area (Å²) in [6.07, 6.45) is 4.17. The molecule has 0 heterocycles. The van der Waals surface area contributed by atoms with E-state index in [1.807, 2.05) is 0 Å². The van der Waals surface area contributed by atoms with Crippen molar-refractivity contribution in [3.8, 4) is 0 Å². The quantitative estimate of drug-likeness (QED) is 0.100. The van der Waals surface area contributed by atoms with E-state index in [-0.39, 0.29) is 56.3 Å². The zero-order valence-electron chi connectivity index (χ0n) is 16.0. The van der Waals surface area contributed by atoms with Crippen LogP contribution < -0.4 is 16.0 Å². The van der Waals surface area contributed by atoms with Gasteiger partial charge >= 0.3 is 5.97 Å². The van der Waals surface area contributed by atoms with Gasteiger partial charge in [0, 0.05) is 49.7 Å². The van der Waals surface area contributed by atoms with Crippen molar-refractivity contribution in [2.45, 2.75) is 58.2 Å². The number of hydrogen-bond acceptors (Lipinski definition) is 6. The van der Waals surface area contributed by atoms with E-state index in [1.165, 1.54) is 27.2 Å². The maximum absolute atomic E-state index is 12.1. The van der Waals surface area contributed by atoms with E-state index in [2.05, 4.69) is 28.6 Å². The Kier molecular flexibility index (Phi) is 21.1. The fourth-order valence-corrected chi connectivity index (χ4v) is 2.05. The number of rotatable bonds is 12. The SMILES string of the molecule is C[CH-]C(=O)NC(CCCCOC(=O)C(C)NC(=O)S)C(=O)NC(C)[C-]=O.[U].[V]. The molecule has 28 heavy (non-hydrogen) atoms. The summed E-state index contributed by atoms with van der Waals surface area (Å²) >= 11 is 3.51. The third-order valence-electron chi connectivity index (χ3n) is 3.26. The first-order valence-electron chi connectivity index (χ1n) is 8.15. The van der Waals surface area contributed by atoms with Crippen LogP contribution in [0.5, 0.6) is 0 Å². The number of hydrogen-bond donors (Lipinski definition) is 4. The summed E-state index contributed by atoms with van der Waals surface area (Å²) in [5, 5.41) is 6.62. The van der Waals surface area contributed by atoms with Crippen LogP contribution in [0.3, 0.4) is 0 Å². The molecule has 0 aromatic carbocycles. The molecule has 0 aliphatic rings. The predicted molar refractivity (Wildman–Crippen MR) is 97.0 cm³/mol. The minimum absolute atomic E-state index is 0. The van der Waals surface area contributed by atoms with Crippen molar-refractivity contribution in [1.29, 1.82) is 0 Å². The number of carbonyl (C=O) groups is 4. The number of esters is 1.